The molecule has 2 aromatic heterocycles. The molecule has 0 spiro atoms. The normalized spacial score (nSPS) is 13.5. The maximum absolute atomic E-state index is 13.6. The fourth-order valence-corrected chi connectivity index (χ4v) is 5.07. The van der Waals surface area contributed by atoms with Crippen molar-refractivity contribution in [2.45, 2.75) is 124 Å². The van der Waals surface area contributed by atoms with Crippen molar-refractivity contribution >= 4 is 39.6 Å². The highest BCUT2D eigenvalue weighted by Gasteiger charge is 2.32. The second kappa shape index (κ2) is 14.3. The number of anilines is 1. The van der Waals surface area contributed by atoms with Gasteiger partial charge in [-0.2, -0.15) is 0 Å². The molecule has 244 valence electrons. The van der Waals surface area contributed by atoms with Gasteiger partial charge in [0.15, 0.2) is 5.82 Å². The number of hydrogen-bond donors (Lipinski definition) is 3. The van der Waals surface area contributed by atoms with Crippen molar-refractivity contribution in [3.05, 3.63) is 30.1 Å². The first kappa shape index (κ1) is 35.4. The molecule has 0 bridgehead atoms. The Morgan fingerprint density at radius 1 is 1.05 bits per heavy atom. The van der Waals surface area contributed by atoms with E-state index < -0.39 is 17.0 Å². The van der Waals surface area contributed by atoms with E-state index in [0.29, 0.717) is 36.5 Å². The predicted octanol–water partition coefficient (Wildman–Crippen LogP) is 5.11. The summed E-state index contributed by atoms with van der Waals surface area (Å²) >= 11 is 0. The third-order valence-corrected chi connectivity index (χ3v) is 7.03. The number of fused-ring (bicyclic) bond motifs is 3. The summed E-state index contributed by atoms with van der Waals surface area (Å²) < 4.78 is 19.4. The van der Waals surface area contributed by atoms with Crippen molar-refractivity contribution in [2.24, 2.45) is 0 Å². The highest BCUT2D eigenvalue weighted by Crippen LogP contribution is 2.32. The first-order chi connectivity index (χ1) is 20.4. The smallest absolute Gasteiger partial charge is 0.250 e. The lowest BCUT2D eigenvalue weighted by Crippen LogP contribution is -2.53. The molecule has 2 amide bonds. The molecular formula is C33H51N5O6. The van der Waals surface area contributed by atoms with Crippen LogP contribution in [0.25, 0.3) is 21.9 Å². The molecule has 0 saturated heterocycles. The number of aliphatic hydroxyl groups is 1. The van der Waals surface area contributed by atoms with E-state index in [9.17, 15) is 14.7 Å². The van der Waals surface area contributed by atoms with Crippen LogP contribution < -0.4 is 10.6 Å². The quantitative estimate of drug-likeness (QED) is 0.203. The van der Waals surface area contributed by atoms with Gasteiger partial charge in [-0.25, -0.2) is 9.97 Å². The van der Waals surface area contributed by atoms with Crippen molar-refractivity contribution in [3.63, 3.8) is 0 Å². The number of amides is 2. The largest absolute Gasteiger partial charge is 0.389 e. The fourth-order valence-electron chi connectivity index (χ4n) is 5.07. The summed E-state index contributed by atoms with van der Waals surface area (Å²) in [6.45, 7) is 20.0. The summed E-state index contributed by atoms with van der Waals surface area (Å²) in [4.78, 5) is 36.1. The number of imidazole rings is 1. The van der Waals surface area contributed by atoms with Crippen LogP contribution in [-0.2, 0) is 37.0 Å². The average Bonchev–Trinajstić information content (AvgIpc) is 3.23. The number of para-hydroxylation sites is 1. The van der Waals surface area contributed by atoms with Crippen molar-refractivity contribution in [3.8, 4) is 0 Å². The number of pyridine rings is 1. The van der Waals surface area contributed by atoms with Gasteiger partial charge in [0.25, 0.3) is 5.91 Å². The standard InChI is InChI=1S/C33H51N5O6/c1-11-42-19-25-35-27-28(38(25)20-31(5,6)41)23-14-12-13-15-24(23)34-29(27)36-30(40)33(9,10)37-26(39)18-22(4)43-17-16-32(7,8)44-21(2)3/h12-15,21-22,41H,11,16-20H2,1-10H3,(H,37,39)(H,34,36,40). The van der Waals surface area contributed by atoms with Gasteiger partial charge in [-0.1, -0.05) is 18.2 Å². The minimum atomic E-state index is -1.26. The maximum Gasteiger partial charge on any atom is 0.250 e. The lowest BCUT2D eigenvalue weighted by atomic mass is 10.0. The lowest BCUT2D eigenvalue weighted by molar-refractivity contribution is -0.131. The predicted molar refractivity (Wildman–Crippen MR) is 172 cm³/mol. The molecule has 0 aliphatic heterocycles. The Hall–Kier alpha value is -3.12. The molecule has 0 fully saturated rings. The molecule has 1 atom stereocenters. The van der Waals surface area contributed by atoms with Gasteiger partial charge in [0.2, 0.25) is 5.91 Å². The molecular weight excluding hydrogens is 562 g/mol. The molecule has 0 aliphatic carbocycles. The molecule has 2 heterocycles. The molecule has 3 rings (SSSR count). The molecule has 3 aromatic rings. The number of hydrogen-bond acceptors (Lipinski definition) is 8. The molecule has 0 radical (unpaired) electrons. The summed E-state index contributed by atoms with van der Waals surface area (Å²) in [5.41, 5.74) is -0.750. The van der Waals surface area contributed by atoms with E-state index in [0.717, 1.165) is 10.9 Å². The van der Waals surface area contributed by atoms with Crippen molar-refractivity contribution in [1.82, 2.24) is 19.9 Å². The lowest BCUT2D eigenvalue weighted by Gasteiger charge is -2.28. The third kappa shape index (κ3) is 9.69. The highest BCUT2D eigenvalue weighted by molar-refractivity contribution is 6.11. The molecule has 0 saturated carbocycles. The highest BCUT2D eigenvalue weighted by atomic mass is 16.5. The topological polar surface area (TPSA) is 137 Å². The van der Waals surface area contributed by atoms with E-state index in [2.05, 4.69) is 10.6 Å². The second-order valence-corrected chi connectivity index (χ2v) is 13.4. The summed E-state index contributed by atoms with van der Waals surface area (Å²) in [5, 5.41) is 17.3. The molecule has 11 heteroatoms. The van der Waals surface area contributed by atoms with Crippen LogP contribution in [0.5, 0.6) is 0 Å². The molecule has 0 aliphatic rings. The van der Waals surface area contributed by atoms with Crippen molar-refractivity contribution in [1.29, 1.82) is 0 Å². The Labute approximate surface area is 261 Å². The zero-order valence-electron chi connectivity index (χ0n) is 28.0. The minimum absolute atomic E-state index is 0.1000. The zero-order chi connectivity index (χ0) is 32.9. The monoisotopic (exact) mass is 613 g/mol. The maximum atomic E-state index is 13.6. The van der Waals surface area contributed by atoms with Gasteiger partial charge in [-0.3, -0.25) is 9.59 Å². The van der Waals surface area contributed by atoms with E-state index in [1.807, 2.05) is 70.4 Å². The molecule has 44 heavy (non-hydrogen) atoms. The summed E-state index contributed by atoms with van der Waals surface area (Å²) in [5.74, 6) is 0.124. The Morgan fingerprint density at radius 2 is 1.73 bits per heavy atom. The number of carbonyl (C=O) groups excluding carboxylic acids is 2. The van der Waals surface area contributed by atoms with E-state index in [1.54, 1.807) is 27.7 Å². The first-order valence-electron chi connectivity index (χ1n) is 15.4. The number of nitrogens with zero attached hydrogens (tertiary/aromatic N) is 3. The number of benzene rings is 1. The SMILES string of the molecule is CCOCc1nc2c(NC(=O)C(C)(C)NC(=O)CC(C)OCCC(C)(C)OC(C)C)nc3ccccc3c2n1CC(C)(C)O. The van der Waals surface area contributed by atoms with Gasteiger partial charge in [-0.15, -0.1) is 0 Å². The Morgan fingerprint density at radius 3 is 2.36 bits per heavy atom. The van der Waals surface area contributed by atoms with Crippen molar-refractivity contribution in [2.75, 3.05) is 18.5 Å². The van der Waals surface area contributed by atoms with E-state index >= 15 is 0 Å². The van der Waals surface area contributed by atoms with Gasteiger partial charge in [0, 0.05) is 18.6 Å². The van der Waals surface area contributed by atoms with Crippen LogP contribution in [0, 0.1) is 0 Å². The molecule has 11 nitrogen and oxygen atoms in total. The number of ether oxygens (including phenoxy) is 3. The first-order valence-corrected chi connectivity index (χ1v) is 15.4. The van der Waals surface area contributed by atoms with Gasteiger partial charge >= 0.3 is 0 Å². The Balaban J connectivity index is 1.80. The van der Waals surface area contributed by atoms with Crippen LogP contribution in [-0.4, -0.2) is 73.6 Å². The zero-order valence-corrected chi connectivity index (χ0v) is 28.0. The van der Waals surface area contributed by atoms with Crippen LogP contribution in [0.2, 0.25) is 0 Å². The Kier molecular flexibility index (Phi) is 11.5. The second-order valence-electron chi connectivity index (χ2n) is 13.4. The van der Waals surface area contributed by atoms with Crippen LogP contribution in [0.15, 0.2) is 24.3 Å². The molecule has 1 aromatic carbocycles. The summed E-state index contributed by atoms with van der Waals surface area (Å²) in [7, 11) is 0. The molecule has 1 unspecified atom stereocenters. The van der Waals surface area contributed by atoms with Crippen LogP contribution in [0.3, 0.4) is 0 Å². The number of carbonyl (C=O) groups is 2. The minimum Gasteiger partial charge on any atom is -0.389 e. The van der Waals surface area contributed by atoms with Gasteiger partial charge < -0.3 is 34.5 Å². The van der Waals surface area contributed by atoms with Gasteiger partial charge in [0.1, 0.15) is 23.5 Å². The fraction of sp³-hybridized carbons (Fsp3) is 0.636. The van der Waals surface area contributed by atoms with Crippen LogP contribution >= 0.6 is 0 Å². The van der Waals surface area contributed by atoms with Gasteiger partial charge in [0.05, 0.1) is 47.4 Å². The van der Waals surface area contributed by atoms with Crippen LogP contribution in [0.1, 0.15) is 87.9 Å². The number of aromatic nitrogens is 3. The van der Waals surface area contributed by atoms with Gasteiger partial charge in [-0.05, 0) is 81.7 Å². The Bertz CT molecular complexity index is 1440. The van der Waals surface area contributed by atoms with E-state index in [1.165, 1.54) is 0 Å². The third-order valence-electron chi connectivity index (χ3n) is 7.03. The molecule has 3 N–H and O–H groups in total. The summed E-state index contributed by atoms with van der Waals surface area (Å²) in [6.07, 6.45) is 0.566. The average molecular weight is 614 g/mol. The van der Waals surface area contributed by atoms with Crippen molar-refractivity contribution < 1.29 is 28.9 Å². The summed E-state index contributed by atoms with van der Waals surface area (Å²) in [6, 6.07) is 7.58. The van der Waals surface area contributed by atoms with E-state index in [4.69, 9.17) is 24.2 Å². The number of nitrogens with one attached hydrogen (secondary N) is 2. The number of rotatable bonds is 16. The van der Waals surface area contributed by atoms with Crippen LogP contribution in [0.4, 0.5) is 5.82 Å². The van der Waals surface area contributed by atoms with E-state index in [-0.39, 0.29) is 49.1 Å².